The number of hydrogen-bond donors (Lipinski definition) is 1. The molecule has 2 aromatic rings. The summed E-state index contributed by atoms with van der Waals surface area (Å²) in [6.07, 6.45) is 1.49. The molecule has 2 aromatic carbocycles. The number of carbonyl (C=O) groups is 3. The van der Waals surface area contributed by atoms with E-state index in [1.54, 1.807) is 28.0 Å². The lowest BCUT2D eigenvalue weighted by Gasteiger charge is -2.19. The minimum absolute atomic E-state index is 0.0992. The van der Waals surface area contributed by atoms with Crippen LogP contribution in [0.1, 0.15) is 35.2 Å². The van der Waals surface area contributed by atoms with Crippen molar-refractivity contribution in [2.45, 2.75) is 31.9 Å². The normalized spacial score (nSPS) is 21.0. The van der Waals surface area contributed by atoms with Crippen LogP contribution in [0.25, 0.3) is 0 Å². The zero-order valence-electron chi connectivity index (χ0n) is 15.9. The highest BCUT2D eigenvalue weighted by Gasteiger charge is 2.35. The quantitative estimate of drug-likeness (QED) is 0.867. The number of fused-ring (bicyclic) bond motifs is 1. The van der Waals surface area contributed by atoms with E-state index in [1.807, 2.05) is 24.3 Å². The highest BCUT2D eigenvalue weighted by Crippen LogP contribution is 2.29. The summed E-state index contributed by atoms with van der Waals surface area (Å²) < 4.78 is 5.92. The lowest BCUT2D eigenvalue weighted by atomic mass is 10.1. The van der Waals surface area contributed by atoms with E-state index in [0.29, 0.717) is 37.2 Å². The first-order valence-electron chi connectivity index (χ1n) is 9.90. The first kappa shape index (κ1) is 17.7. The van der Waals surface area contributed by atoms with E-state index in [2.05, 4.69) is 5.32 Å². The smallest absolute Gasteiger partial charge is 0.268 e. The molecule has 0 saturated carbocycles. The van der Waals surface area contributed by atoms with E-state index in [0.717, 1.165) is 29.9 Å². The molecular formula is C22H21N3O4. The highest BCUT2D eigenvalue weighted by molar-refractivity contribution is 6.03. The minimum atomic E-state index is -0.559. The molecule has 5 rings (SSSR count). The number of anilines is 2. The molecule has 2 fully saturated rings. The topological polar surface area (TPSA) is 79.0 Å². The molecule has 148 valence electrons. The summed E-state index contributed by atoms with van der Waals surface area (Å²) in [5, 5.41) is 2.79. The van der Waals surface area contributed by atoms with Crippen LogP contribution in [-0.2, 0) is 16.1 Å². The molecule has 3 heterocycles. The van der Waals surface area contributed by atoms with Crippen molar-refractivity contribution in [3.63, 3.8) is 0 Å². The van der Waals surface area contributed by atoms with Crippen LogP contribution in [-0.4, -0.2) is 36.9 Å². The van der Waals surface area contributed by atoms with E-state index in [9.17, 15) is 14.4 Å². The van der Waals surface area contributed by atoms with Crippen LogP contribution >= 0.6 is 0 Å². The third-order valence-electron chi connectivity index (χ3n) is 5.75. The Kier molecular flexibility index (Phi) is 4.23. The first-order valence-corrected chi connectivity index (χ1v) is 9.90. The fraction of sp³-hybridized carbons (Fsp3) is 0.318. The van der Waals surface area contributed by atoms with Gasteiger partial charge in [0, 0.05) is 49.4 Å². The van der Waals surface area contributed by atoms with Crippen molar-refractivity contribution >= 4 is 29.1 Å². The maximum Gasteiger partial charge on any atom is 0.268 e. The average Bonchev–Trinajstić information content (AvgIpc) is 3.43. The standard InChI is InChI=1S/C22H21N3O4/c26-20-2-1-10-24(20)15-5-7-17(8-6-15)29-19-9-11-25(22(19)28)16-4-3-14-13-23-21(27)18(14)12-16/h3-8,12,19H,1-2,9-11,13H2,(H,23,27)/t19-/m1/s1. The number of ether oxygens (including phenoxy) is 1. The molecule has 3 aliphatic rings. The monoisotopic (exact) mass is 391 g/mol. The second-order valence-corrected chi connectivity index (χ2v) is 7.55. The van der Waals surface area contributed by atoms with Gasteiger partial charge in [-0.05, 0) is 48.4 Å². The summed E-state index contributed by atoms with van der Waals surface area (Å²) >= 11 is 0. The van der Waals surface area contributed by atoms with Crippen LogP contribution < -0.4 is 19.9 Å². The number of amides is 3. The summed E-state index contributed by atoms with van der Waals surface area (Å²) in [6, 6.07) is 12.9. The van der Waals surface area contributed by atoms with E-state index < -0.39 is 6.10 Å². The predicted molar refractivity (Wildman–Crippen MR) is 107 cm³/mol. The van der Waals surface area contributed by atoms with Crippen molar-refractivity contribution in [2.24, 2.45) is 0 Å². The molecule has 0 unspecified atom stereocenters. The van der Waals surface area contributed by atoms with Gasteiger partial charge in [0.05, 0.1) is 0 Å². The Balaban J connectivity index is 1.28. The molecule has 0 spiro atoms. The van der Waals surface area contributed by atoms with Crippen molar-refractivity contribution in [1.29, 1.82) is 0 Å². The van der Waals surface area contributed by atoms with Gasteiger partial charge in [-0.15, -0.1) is 0 Å². The maximum absolute atomic E-state index is 12.9. The molecule has 3 aliphatic heterocycles. The molecule has 29 heavy (non-hydrogen) atoms. The summed E-state index contributed by atoms with van der Waals surface area (Å²) in [4.78, 5) is 40.1. The van der Waals surface area contributed by atoms with Crippen molar-refractivity contribution < 1.29 is 19.1 Å². The zero-order chi connectivity index (χ0) is 20.0. The average molecular weight is 391 g/mol. The van der Waals surface area contributed by atoms with Gasteiger partial charge in [-0.25, -0.2) is 0 Å². The Morgan fingerprint density at radius 1 is 0.931 bits per heavy atom. The summed E-state index contributed by atoms with van der Waals surface area (Å²) in [7, 11) is 0. The number of hydrogen-bond acceptors (Lipinski definition) is 4. The highest BCUT2D eigenvalue weighted by atomic mass is 16.5. The van der Waals surface area contributed by atoms with Gasteiger partial charge in [0.25, 0.3) is 11.8 Å². The molecule has 7 heteroatoms. The summed E-state index contributed by atoms with van der Waals surface area (Å²) in [5.74, 6) is 0.539. The van der Waals surface area contributed by atoms with E-state index in [4.69, 9.17) is 4.74 Å². The van der Waals surface area contributed by atoms with Gasteiger partial charge in [0.1, 0.15) is 5.75 Å². The Morgan fingerprint density at radius 3 is 2.48 bits per heavy atom. The fourth-order valence-electron chi connectivity index (χ4n) is 4.18. The predicted octanol–water partition coefficient (Wildman–Crippen LogP) is 2.24. The van der Waals surface area contributed by atoms with Crippen LogP contribution in [0.5, 0.6) is 5.75 Å². The number of nitrogens with one attached hydrogen (secondary N) is 1. The molecular weight excluding hydrogens is 370 g/mol. The summed E-state index contributed by atoms with van der Waals surface area (Å²) in [6.45, 7) is 1.82. The van der Waals surface area contributed by atoms with Crippen molar-refractivity contribution in [2.75, 3.05) is 22.9 Å². The van der Waals surface area contributed by atoms with Crippen LogP contribution in [0.4, 0.5) is 11.4 Å². The van der Waals surface area contributed by atoms with Gasteiger partial charge < -0.3 is 19.9 Å². The molecule has 2 saturated heterocycles. The van der Waals surface area contributed by atoms with Gasteiger partial charge in [-0.2, -0.15) is 0 Å². The van der Waals surface area contributed by atoms with Crippen molar-refractivity contribution in [3.8, 4) is 5.75 Å². The summed E-state index contributed by atoms with van der Waals surface area (Å²) in [5.41, 5.74) is 3.16. The number of carbonyl (C=O) groups excluding carboxylic acids is 3. The van der Waals surface area contributed by atoms with Gasteiger partial charge >= 0.3 is 0 Å². The van der Waals surface area contributed by atoms with Gasteiger partial charge in [-0.1, -0.05) is 6.07 Å². The number of rotatable bonds is 4. The molecule has 1 atom stereocenters. The number of benzene rings is 2. The molecule has 1 N–H and O–H groups in total. The fourth-order valence-corrected chi connectivity index (χ4v) is 4.18. The van der Waals surface area contributed by atoms with Crippen molar-refractivity contribution in [3.05, 3.63) is 53.6 Å². The van der Waals surface area contributed by atoms with E-state index in [-0.39, 0.29) is 17.7 Å². The largest absolute Gasteiger partial charge is 0.481 e. The third kappa shape index (κ3) is 3.12. The van der Waals surface area contributed by atoms with Crippen LogP contribution in [0.2, 0.25) is 0 Å². The number of nitrogens with zero attached hydrogens (tertiary/aromatic N) is 2. The SMILES string of the molecule is O=C1NCc2ccc(N3CC[C@@H](Oc4ccc(N5CCCC5=O)cc4)C3=O)cc21. The lowest BCUT2D eigenvalue weighted by molar-refractivity contribution is -0.123. The Labute approximate surface area is 168 Å². The molecule has 0 bridgehead atoms. The Morgan fingerprint density at radius 2 is 1.72 bits per heavy atom. The maximum atomic E-state index is 12.9. The Hall–Kier alpha value is -3.35. The van der Waals surface area contributed by atoms with Crippen LogP contribution in [0.3, 0.4) is 0 Å². The van der Waals surface area contributed by atoms with Gasteiger partial charge in [-0.3, -0.25) is 14.4 Å². The molecule has 7 nitrogen and oxygen atoms in total. The van der Waals surface area contributed by atoms with Crippen LogP contribution in [0, 0.1) is 0 Å². The van der Waals surface area contributed by atoms with Crippen LogP contribution in [0.15, 0.2) is 42.5 Å². The molecule has 0 aliphatic carbocycles. The Bertz CT molecular complexity index is 1000. The molecule has 0 radical (unpaired) electrons. The first-order chi connectivity index (χ1) is 14.1. The van der Waals surface area contributed by atoms with Crippen molar-refractivity contribution in [1.82, 2.24) is 5.32 Å². The van der Waals surface area contributed by atoms with Gasteiger partial charge in [0.15, 0.2) is 6.10 Å². The molecule has 3 amide bonds. The molecule has 0 aromatic heterocycles. The van der Waals surface area contributed by atoms with E-state index in [1.165, 1.54) is 0 Å². The van der Waals surface area contributed by atoms with E-state index >= 15 is 0 Å². The third-order valence-corrected chi connectivity index (χ3v) is 5.75. The lowest BCUT2D eigenvalue weighted by Crippen LogP contribution is -2.32. The minimum Gasteiger partial charge on any atom is -0.481 e. The zero-order valence-corrected chi connectivity index (χ0v) is 15.9. The van der Waals surface area contributed by atoms with Gasteiger partial charge in [0.2, 0.25) is 5.91 Å². The second-order valence-electron chi connectivity index (χ2n) is 7.55. The second kappa shape index (κ2) is 6.92.